The van der Waals surface area contributed by atoms with Crippen molar-refractivity contribution in [1.29, 1.82) is 0 Å². The molecule has 2 heterocycles. The van der Waals surface area contributed by atoms with Gasteiger partial charge in [0.05, 0.1) is 18.4 Å². The van der Waals surface area contributed by atoms with Gasteiger partial charge >= 0.3 is 6.09 Å². The quantitative estimate of drug-likeness (QED) is 0.879. The van der Waals surface area contributed by atoms with Crippen LogP contribution in [0.25, 0.3) is 0 Å². The van der Waals surface area contributed by atoms with Gasteiger partial charge in [-0.05, 0) is 24.6 Å². The average Bonchev–Trinajstić information content (AvgIpc) is 3.16. The highest BCUT2D eigenvalue weighted by Gasteiger charge is 2.23. The summed E-state index contributed by atoms with van der Waals surface area (Å²) < 4.78 is 30.8. The lowest BCUT2D eigenvalue weighted by Crippen LogP contribution is -2.23. The van der Waals surface area contributed by atoms with Crippen LogP contribution in [-0.4, -0.2) is 35.5 Å². The van der Waals surface area contributed by atoms with Crippen LogP contribution in [0.3, 0.4) is 0 Å². The summed E-state index contributed by atoms with van der Waals surface area (Å²) in [5.74, 6) is 0. The second-order valence-electron chi connectivity index (χ2n) is 5.57. The number of benzene rings is 1. The summed E-state index contributed by atoms with van der Waals surface area (Å²) in [6.07, 6.45) is 0.311. The molecule has 0 spiro atoms. The first-order valence-corrected chi connectivity index (χ1v) is 7.64. The zero-order valence-corrected chi connectivity index (χ0v) is 13.2. The van der Waals surface area contributed by atoms with E-state index in [0.717, 1.165) is 11.3 Å². The van der Waals surface area contributed by atoms with E-state index in [1.807, 2.05) is 31.2 Å². The Morgan fingerprint density at radius 1 is 1.33 bits per heavy atom. The molecule has 1 aromatic heterocycles. The number of halogens is 2. The van der Waals surface area contributed by atoms with Gasteiger partial charge in [0, 0.05) is 17.9 Å². The van der Waals surface area contributed by atoms with Gasteiger partial charge in [-0.2, -0.15) is 5.10 Å². The first-order valence-electron chi connectivity index (χ1n) is 7.64. The van der Waals surface area contributed by atoms with Crippen LogP contribution in [0.2, 0.25) is 0 Å². The standard InChI is InChI=1S/C16H18F2N4O2/c1-11(20-13-8-19-21(9-13)10-15(17)18)12-2-4-14(5-3-12)22-6-7-24-16(22)23/h2-5,8-9,11,15,20H,6-7,10H2,1H3. The van der Waals surface area contributed by atoms with E-state index >= 15 is 0 Å². The lowest BCUT2D eigenvalue weighted by atomic mass is 10.1. The van der Waals surface area contributed by atoms with E-state index in [-0.39, 0.29) is 12.1 Å². The van der Waals surface area contributed by atoms with Crippen molar-refractivity contribution in [2.45, 2.75) is 25.9 Å². The third-order valence-electron chi connectivity index (χ3n) is 3.81. The number of hydrogen-bond donors (Lipinski definition) is 1. The molecule has 1 amide bonds. The molecule has 1 fully saturated rings. The monoisotopic (exact) mass is 336 g/mol. The molecule has 0 aliphatic carbocycles. The van der Waals surface area contributed by atoms with Crippen molar-refractivity contribution in [2.75, 3.05) is 23.4 Å². The number of rotatable bonds is 6. The molecule has 0 radical (unpaired) electrons. The maximum atomic E-state index is 12.3. The molecule has 1 saturated heterocycles. The molecule has 1 aliphatic heterocycles. The highest BCUT2D eigenvalue weighted by molar-refractivity contribution is 5.89. The first kappa shape index (κ1) is 16.2. The largest absolute Gasteiger partial charge is 0.447 e. The summed E-state index contributed by atoms with van der Waals surface area (Å²) in [6, 6.07) is 7.53. The molecule has 8 heteroatoms. The molecule has 1 atom stereocenters. The van der Waals surface area contributed by atoms with Crippen molar-refractivity contribution < 1.29 is 18.3 Å². The van der Waals surface area contributed by atoms with Crippen LogP contribution in [0.5, 0.6) is 0 Å². The number of aromatic nitrogens is 2. The van der Waals surface area contributed by atoms with E-state index in [9.17, 15) is 13.6 Å². The van der Waals surface area contributed by atoms with E-state index in [2.05, 4.69) is 10.4 Å². The second-order valence-corrected chi connectivity index (χ2v) is 5.57. The Morgan fingerprint density at radius 2 is 2.08 bits per heavy atom. The summed E-state index contributed by atoms with van der Waals surface area (Å²) in [4.78, 5) is 13.1. The number of ether oxygens (including phenoxy) is 1. The Kier molecular flexibility index (Phi) is 4.64. The molecule has 6 nitrogen and oxygen atoms in total. The fourth-order valence-corrected chi connectivity index (χ4v) is 2.58. The van der Waals surface area contributed by atoms with Gasteiger partial charge < -0.3 is 10.1 Å². The van der Waals surface area contributed by atoms with Gasteiger partial charge in [0.2, 0.25) is 0 Å². The fraction of sp³-hybridized carbons (Fsp3) is 0.375. The Bertz CT molecular complexity index is 702. The van der Waals surface area contributed by atoms with Gasteiger partial charge in [-0.1, -0.05) is 12.1 Å². The van der Waals surface area contributed by atoms with E-state index in [1.165, 1.54) is 10.9 Å². The number of cyclic esters (lactones) is 1. The Labute approximate surface area is 138 Å². The van der Waals surface area contributed by atoms with Crippen molar-refractivity contribution in [2.24, 2.45) is 0 Å². The first-order chi connectivity index (χ1) is 11.5. The van der Waals surface area contributed by atoms with Crippen LogP contribution in [0.15, 0.2) is 36.7 Å². The molecule has 1 aliphatic rings. The highest BCUT2D eigenvalue weighted by Crippen LogP contribution is 2.24. The number of alkyl halides is 2. The number of anilines is 2. The molecule has 2 aromatic rings. The van der Waals surface area contributed by atoms with Crippen molar-refractivity contribution in [3.8, 4) is 0 Å². The Balaban J connectivity index is 1.63. The minimum atomic E-state index is -2.43. The van der Waals surface area contributed by atoms with Gasteiger partial charge in [-0.15, -0.1) is 0 Å². The zero-order chi connectivity index (χ0) is 17.1. The third kappa shape index (κ3) is 3.64. The van der Waals surface area contributed by atoms with Crippen LogP contribution in [0.4, 0.5) is 25.0 Å². The zero-order valence-electron chi connectivity index (χ0n) is 13.2. The summed E-state index contributed by atoms with van der Waals surface area (Å²) in [7, 11) is 0. The van der Waals surface area contributed by atoms with Gasteiger partial charge in [0.15, 0.2) is 0 Å². The van der Waals surface area contributed by atoms with Crippen LogP contribution >= 0.6 is 0 Å². The SMILES string of the molecule is CC(Nc1cnn(CC(F)F)c1)c1ccc(N2CCOC2=O)cc1. The van der Waals surface area contributed by atoms with E-state index in [0.29, 0.717) is 18.8 Å². The van der Waals surface area contributed by atoms with Gasteiger partial charge in [0.25, 0.3) is 6.43 Å². The second kappa shape index (κ2) is 6.86. The number of hydrogen-bond acceptors (Lipinski definition) is 4. The molecule has 3 rings (SSSR count). The summed E-state index contributed by atoms with van der Waals surface area (Å²) in [6.45, 7) is 2.50. The summed E-state index contributed by atoms with van der Waals surface area (Å²) in [5, 5.41) is 7.11. The van der Waals surface area contributed by atoms with Gasteiger partial charge in [-0.3, -0.25) is 9.58 Å². The van der Waals surface area contributed by atoms with Crippen molar-refractivity contribution in [3.05, 3.63) is 42.2 Å². The molecule has 0 saturated carbocycles. The number of amides is 1. The lowest BCUT2D eigenvalue weighted by Gasteiger charge is -2.17. The minimum Gasteiger partial charge on any atom is -0.447 e. The molecule has 1 aromatic carbocycles. The molecule has 24 heavy (non-hydrogen) atoms. The molecular weight excluding hydrogens is 318 g/mol. The maximum absolute atomic E-state index is 12.3. The number of carbonyl (C=O) groups is 1. The maximum Gasteiger partial charge on any atom is 0.414 e. The number of nitrogens with one attached hydrogen (secondary N) is 1. The Morgan fingerprint density at radius 3 is 2.71 bits per heavy atom. The fourth-order valence-electron chi connectivity index (χ4n) is 2.58. The predicted octanol–water partition coefficient (Wildman–Crippen LogP) is 3.28. The van der Waals surface area contributed by atoms with Gasteiger partial charge in [-0.25, -0.2) is 13.6 Å². The molecule has 1 unspecified atom stereocenters. The smallest absolute Gasteiger partial charge is 0.414 e. The van der Waals surface area contributed by atoms with Crippen LogP contribution in [0, 0.1) is 0 Å². The topological polar surface area (TPSA) is 59.4 Å². The highest BCUT2D eigenvalue weighted by atomic mass is 19.3. The van der Waals surface area contributed by atoms with E-state index in [4.69, 9.17) is 4.74 Å². The third-order valence-corrected chi connectivity index (χ3v) is 3.81. The average molecular weight is 336 g/mol. The van der Waals surface area contributed by atoms with E-state index in [1.54, 1.807) is 11.1 Å². The van der Waals surface area contributed by atoms with E-state index < -0.39 is 13.0 Å². The van der Waals surface area contributed by atoms with Gasteiger partial charge in [0.1, 0.15) is 13.2 Å². The van der Waals surface area contributed by atoms with Crippen LogP contribution in [-0.2, 0) is 11.3 Å². The molecule has 1 N–H and O–H groups in total. The number of nitrogens with zero attached hydrogens (tertiary/aromatic N) is 3. The molecule has 128 valence electrons. The Hall–Kier alpha value is -2.64. The predicted molar refractivity (Wildman–Crippen MR) is 85.4 cm³/mol. The lowest BCUT2D eigenvalue weighted by molar-refractivity contribution is 0.122. The van der Waals surface area contributed by atoms with Crippen molar-refractivity contribution >= 4 is 17.5 Å². The minimum absolute atomic E-state index is 0.0335. The van der Waals surface area contributed by atoms with Crippen molar-refractivity contribution in [3.63, 3.8) is 0 Å². The summed E-state index contributed by atoms with van der Waals surface area (Å²) >= 11 is 0. The molecular formula is C16H18F2N4O2. The molecule has 0 bridgehead atoms. The summed E-state index contributed by atoms with van der Waals surface area (Å²) in [5.41, 5.74) is 2.47. The van der Waals surface area contributed by atoms with Crippen molar-refractivity contribution in [1.82, 2.24) is 9.78 Å². The van der Waals surface area contributed by atoms with Crippen LogP contribution in [0.1, 0.15) is 18.5 Å². The number of carbonyl (C=O) groups excluding carboxylic acids is 1. The van der Waals surface area contributed by atoms with Crippen LogP contribution < -0.4 is 10.2 Å². The normalized spacial score (nSPS) is 15.7.